The molecule has 132 valence electrons. The molecule has 0 saturated carbocycles. The van der Waals surface area contributed by atoms with E-state index in [0.29, 0.717) is 16.7 Å². The second-order valence-electron chi connectivity index (χ2n) is 6.08. The largest absolute Gasteiger partial charge is 0.376 e. The number of rotatable bonds is 5. The lowest BCUT2D eigenvalue weighted by Gasteiger charge is -2.28. The lowest BCUT2D eigenvalue weighted by atomic mass is 10.2. The molecule has 1 saturated heterocycles. The van der Waals surface area contributed by atoms with Crippen LogP contribution in [0.5, 0.6) is 0 Å². The van der Waals surface area contributed by atoms with Gasteiger partial charge in [0.05, 0.1) is 6.10 Å². The van der Waals surface area contributed by atoms with Crippen molar-refractivity contribution in [1.29, 1.82) is 0 Å². The van der Waals surface area contributed by atoms with Crippen molar-refractivity contribution in [3.63, 3.8) is 0 Å². The lowest BCUT2D eigenvalue weighted by molar-refractivity contribution is 0.0905. The molecule has 0 aliphatic carbocycles. The van der Waals surface area contributed by atoms with Gasteiger partial charge in [-0.2, -0.15) is 0 Å². The van der Waals surface area contributed by atoms with Crippen LogP contribution in [0.4, 0.5) is 5.69 Å². The maximum atomic E-state index is 6.12. The van der Waals surface area contributed by atoms with Crippen LogP contribution in [0.3, 0.4) is 0 Å². The highest BCUT2D eigenvalue weighted by Gasteiger charge is 2.21. The molecule has 2 aromatic carbocycles. The molecule has 1 heterocycles. The minimum absolute atomic E-state index is 0.212. The summed E-state index contributed by atoms with van der Waals surface area (Å²) in [5.41, 5.74) is 2.03. The minimum atomic E-state index is 0.212. The van der Waals surface area contributed by atoms with Crippen LogP contribution in [0.2, 0.25) is 10.0 Å². The second kappa shape index (κ2) is 8.86. The van der Waals surface area contributed by atoms with Crippen LogP contribution in [0.25, 0.3) is 0 Å². The first-order valence-electron chi connectivity index (χ1n) is 8.28. The number of anilines is 1. The molecular formula is C19H20Cl2N2OS. The first-order chi connectivity index (χ1) is 12.1. The van der Waals surface area contributed by atoms with Crippen molar-refractivity contribution in [2.24, 2.45) is 0 Å². The van der Waals surface area contributed by atoms with Gasteiger partial charge in [-0.1, -0.05) is 35.3 Å². The van der Waals surface area contributed by atoms with Crippen LogP contribution in [0, 0.1) is 0 Å². The van der Waals surface area contributed by atoms with Crippen LogP contribution in [0.1, 0.15) is 18.4 Å². The highest BCUT2D eigenvalue weighted by atomic mass is 35.5. The minimum Gasteiger partial charge on any atom is -0.376 e. The number of benzene rings is 2. The van der Waals surface area contributed by atoms with E-state index in [1.807, 2.05) is 42.5 Å². The SMILES string of the molecule is S=C(Nc1ccc(Cl)cc1)N(Cc1cccc(Cl)c1)CC1CCCO1. The van der Waals surface area contributed by atoms with Crippen LogP contribution in [0.15, 0.2) is 48.5 Å². The normalized spacial score (nSPS) is 16.6. The van der Waals surface area contributed by atoms with Gasteiger partial charge in [0.2, 0.25) is 0 Å². The first-order valence-corrected chi connectivity index (χ1v) is 9.44. The first kappa shape index (κ1) is 18.5. The van der Waals surface area contributed by atoms with Gasteiger partial charge in [0.15, 0.2) is 5.11 Å². The van der Waals surface area contributed by atoms with E-state index < -0.39 is 0 Å². The van der Waals surface area contributed by atoms with E-state index in [-0.39, 0.29) is 6.10 Å². The number of halogens is 2. The summed E-state index contributed by atoms with van der Waals surface area (Å²) in [6.45, 7) is 2.26. The predicted octanol–water partition coefficient (Wildman–Crippen LogP) is 5.37. The Morgan fingerprint density at radius 3 is 2.64 bits per heavy atom. The molecule has 1 unspecified atom stereocenters. The summed E-state index contributed by atoms with van der Waals surface area (Å²) < 4.78 is 5.79. The van der Waals surface area contributed by atoms with Gasteiger partial charge < -0.3 is 15.0 Å². The van der Waals surface area contributed by atoms with Gasteiger partial charge in [-0.25, -0.2) is 0 Å². The van der Waals surface area contributed by atoms with Crippen molar-refractivity contribution in [3.8, 4) is 0 Å². The number of ether oxygens (including phenoxy) is 1. The molecule has 25 heavy (non-hydrogen) atoms. The van der Waals surface area contributed by atoms with Crippen molar-refractivity contribution in [2.45, 2.75) is 25.5 Å². The Bertz CT molecular complexity index is 718. The molecule has 1 N–H and O–H groups in total. The molecule has 6 heteroatoms. The maximum Gasteiger partial charge on any atom is 0.173 e. The predicted molar refractivity (Wildman–Crippen MR) is 109 cm³/mol. The highest BCUT2D eigenvalue weighted by Crippen LogP contribution is 2.19. The van der Waals surface area contributed by atoms with Crippen LogP contribution < -0.4 is 5.32 Å². The number of hydrogen-bond acceptors (Lipinski definition) is 2. The third-order valence-corrected chi connectivity index (χ3v) is 4.94. The van der Waals surface area contributed by atoms with Crippen molar-refractivity contribution < 1.29 is 4.74 Å². The average Bonchev–Trinajstić information content (AvgIpc) is 3.09. The molecule has 0 aromatic heterocycles. The summed E-state index contributed by atoms with van der Waals surface area (Å²) in [6.07, 6.45) is 2.38. The van der Waals surface area contributed by atoms with Crippen LogP contribution >= 0.6 is 35.4 Å². The molecule has 0 radical (unpaired) electrons. The summed E-state index contributed by atoms with van der Waals surface area (Å²) in [6, 6.07) is 15.4. The summed E-state index contributed by atoms with van der Waals surface area (Å²) in [7, 11) is 0. The van der Waals surface area contributed by atoms with Gasteiger partial charge in [-0.05, 0) is 67.0 Å². The van der Waals surface area contributed by atoms with Gasteiger partial charge in [0.1, 0.15) is 0 Å². The summed E-state index contributed by atoms with van der Waals surface area (Å²) in [5.74, 6) is 0. The van der Waals surface area contributed by atoms with Crippen molar-refractivity contribution >= 4 is 46.2 Å². The Balaban J connectivity index is 1.71. The number of nitrogens with one attached hydrogen (secondary N) is 1. The number of nitrogens with zero attached hydrogens (tertiary/aromatic N) is 1. The zero-order valence-electron chi connectivity index (χ0n) is 13.8. The molecule has 1 fully saturated rings. The van der Waals surface area contributed by atoms with E-state index in [0.717, 1.165) is 42.3 Å². The third kappa shape index (κ3) is 5.58. The van der Waals surface area contributed by atoms with Crippen LogP contribution in [-0.4, -0.2) is 29.3 Å². The Morgan fingerprint density at radius 1 is 1.16 bits per heavy atom. The van der Waals surface area contributed by atoms with Crippen LogP contribution in [-0.2, 0) is 11.3 Å². The maximum absolute atomic E-state index is 6.12. The molecule has 0 bridgehead atoms. The molecule has 2 aromatic rings. The van der Waals surface area contributed by atoms with Crippen molar-refractivity contribution in [2.75, 3.05) is 18.5 Å². The van der Waals surface area contributed by atoms with E-state index in [1.165, 1.54) is 0 Å². The second-order valence-corrected chi connectivity index (χ2v) is 7.34. The molecule has 1 atom stereocenters. The average molecular weight is 395 g/mol. The molecule has 1 aliphatic heterocycles. The molecular weight excluding hydrogens is 375 g/mol. The van der Waals surface area contributed by atoms with Gasteiger partial charge >= 0.3 is 0 Å². The number of thiocarbonyl (C=S) groups is 1. The smallest absolute Gasteiger partial charge is 0.173 e. The van der Waals surface area contributed by atoms with Crippen molar-refractivity contribution in [3.05, 3.63) is 64.1 Å². The molecule has 0 spiro atoms. The third-order valence-electron chi connectivity index (χ3n) is 4.09. The van der Waals surface area contributed by atoms with Crippen molar-refractivity contribution in [1.82, 2.24) is 4.90 Å². The summed E-state index contributed by atoms with van der Waals surface area (Å²) >= 11 is 17.7. The summed E-state index contributed by atoms with van der Waals surface area (Å²) in [5, 5.41) is 5.38. The Labute approximate surface area is 163 Å². The fraction of sp³-hybridized carbons (Fsp3) is 0.316. The fourth-order valence-corrected chi connectivity index (χ4v) is 3.44. The van der Waals surface area contributed by atoms with Gasteiger partial charge in [0, 0.05) is 35.4 Å². The van der Waals surface area contributed by atoms with E-state index >= 15 is 0 Å². The van der Waals surface area contributed by atoms with E-state index in [4.69, 9.17) is 40.2 Å². The Hall–Kier alpha value is -1.33. The molecule has 1 aliphatic rings. The zero-order chi connectivity index (χ0) is 17.6. The number of hydrogen-bond donors (Lipinski definition) is 1. The quantitative estimate of drug-likeness (QED) is 0.688. The molecule has 0 amide bonds. The standard InChI is InChI=1S/C19H20Cl2N2OS/c20-15-6-8-17(9-7-15)22-19(25)23(13-18-5-2-10-24-18)12-14-3-1-4-16(21)11-14/h1,3-4,6-9,11,18H,2,5,10,12-13H2,(H,22,25). The monoisotopic (exact) mass is 394 g/mol. The zero-order valence-corrected chi connectivity index (χ0v) is 16.1. The Morgan fingerprint density at radius 2 is 1.96 bits per heavy atom. The van der Waals surface area contributed by atoms with Gasteiger partial charge in [-0.15, -0.1) is 0 Å². The summed E-state index contributed by atoms with van der Waals surface area (Å²) in [4.78, 5) is 2.13. The van der Waals surface area contributed by atoms with Gasteiger partial charge in [0.25, 0.3) is 0 Å². The molecule has 3 rings (SSSR count). The lowest BCUT2D eigenvalue weighted by Crippen LogP contribution is -2.39. The highest BCUT2D eigenvalue weighted by molar-refractivity contribution is 7.80. The fourth-order valence-electron chi connectivity index (χ4n) is 2.84. The van der Waals surface area contributed by atoms with Gasteiger partial charge in [-0.3, -0.25) is 0 Å². The van der Waals surface area contributed by atoms with E-state index in [2.05, 4.69) is 16.3 Å². The molecule has 3 nitrogen and oxygen atoms in total. The van der Waals surface area contributed by atoms with E-state index in [9.17, 15) is 0 Å². The Kier molecular flexibility index (Phi) is 6.54. The van der Waals surface area contributed by atoms with E-state index in [1.54, 1.807) is 0 Å². The topological polar surface area (TPSA) is 24.5 Å².